The number of hydrogen-bond acceptors (Lipinski definition) is 3. The number of carbonyl (C=O) groups is 2. The van der Waals surface area contributed by atoms with Crippen LogP contribution in [0.25, 0.3) is 0 Å². The maximum atomic E-state index is 12.7. The summed E-state index contributed by atoms with van der Waals surface area (Å²) in [4.78, 5) is 24.5. The van der Waals surface area contributed by atoms with Gasteiger partial charge in [-0.3, -0.25) is 9.59 Å². The average Bonchev–Trinajstić information content (AvgIpc) is 2.90. The van der Waals surface area contributed by atoms with E-state index in [1.54, 1.807) is 6.08 Å². The second-order valence-electron chi connectivity index (χ2n) is 8.59. The third kappa shape index (κ3) is 2.73. The van der Waals surface area contributed by atoms with E-state index in [1.165, 1.54) is 11.1 Å². The van der Waals surface area contributed by atoms with Crippen LogP contribution in [0.3, 0.4) is 0 Å². The smallest absolute Gasteiger partial charge is 0.284 e. The third-order valence-electron chi connectivity index (χ3n) is 7.57. The van der Waals surface area contributed by atoms with E-state index in [4.69, 9.17) is 0 Å². The van der Waals surface area contributed by atoms with Crippen molar-refractivity contribution in [1.29, 1.82) is 0 Å². The molecule has 0 aromatic heterocycles. The largest absolute Gasteiger partial charge is 0.299 e. The molecule has 5 heteroatoms. The van der Waals surface area contributed by atoms with E-state index in [2.05, 4.69) is 13.0 Å². The minimum Gasteiger partial charge on any atom is -0.299 e. The van der Waals surface area contributed by atoms with Gasteiger partial charge in [-0.1, -0.05) is 35.9 Å². The van der Waals surface area contributed by atoms with Crippen LogP contribution in [0, 0.1) is 22.7 Å². The molecular weight excluding hydrogens is 354 g/mol. The van der Waals surface area contributed by atoms with Crippen molar-refractivity contribution in [2.75, 3.05) is 5.75 Å². The molecule has 26 heavy (non-hydrogen) atoms. The molecule has 4 atom stereocenters. The molecule has 0 saturated heterocycles. The molecule has 0 heterocycles. The molecule has 0 bridgehead atoms. The van der Waals surface area contributed by atoms with Gasteiger partial charge < -0.3 is 0 Å². The highest BCUT2D eigenvalue weighted by molar-refractivity contribution is 7.99. The number of ketones is 2. The van der Waals surface area contributed by atoms with E-state index in [-0.39, 0.29) is 16.6 Å². The van der Waals surface area contributed by atoms with E-state index >= 15 is 0 Å². The standard InChI is InChI=1S/C21H26F2O2S/c1-20-8-7-17-15(16(20)4-5-18(20)25)3-2-13-12-14(24)6-9-21(13,17)10-11-26-19(22)23/h7,12,15-16,19H,2-6,8-11H2,1H3/t15?,16?,20-,21+/m0/s1. The molecule has 4 rings (SSSR count). The lowest BCUT2D eigenvalue weighted by molar-refractivity contribution is -0.127. The average molecular weight is 381 g/mol. The summed E-state index contributed by atoms with van der Waals surface area (Å²) in [5.74, 6) is -0.614. The van der Waals surface area contributed by atoms with Crippen LogP contribution in [0.5, 0.6) is 0 Å². The Morgan fingerprint density at radius 1 is 1.23 bits per heavy atom. The molecule has 0 amide bonds. The van der Waals surface area contributed by atoms with Crippen LogP contribution in [-0.2, 0) is 9.59 Å². The van der Waals surface area contributed by atoms with Crippen molar-refractivity contribution in [2.45, 2.75) is 64.0 Å². The molecule has 0 spiro atoms. The zero-order valence-electron chi connectivity index (χ0n) is 15.2. The van der Waals surface area contributed by atoms with Crippen molar-refractivity contribution < 1.29 is 18.4 Å². The van der Waals surface area contributed by atoms with Gasteiger partial charge >= 0.3 is 0 Å². The second-order valence-corrected chi connectivity index (χ2v) is 9.69. The third-order valence-corrected chi connectivity index (χ3v) is 8.26. The van der Waals surface area contributed by atoms with Crippen LogP contribution >= 0.6 is 11.8 Å². The molecule has 4 aliphatic rings. The SMILES string of the molecule is C[C@]12CC=C3C(CCC4=CC(=O)CC[C@@]43CCSC(F)F)C1CCC2=O. The Morgan fingerprint density at radius 2 is 2.04 bits per heavy atom. The fraction of sp³-hybridized carbons (Fsp3) is 0.714. The number of alkyl halides is 2. The molecule has 0 aliphatic heterocycles. The van der Waals surface area contributed by atoms with Gasteiger partial charge in [0.25, 0.3) is 5.76 Å². The van der Waals surface area contributed by atoms with Crippen LogP contribution in [-0.4, -0.2) is 23.1 Å². The molecule has 142 valence electrons. The summed E-state index contributed by atoms with van der Waals surface area (Å²) in [7, 11) is 0. The lowest BCUT2D eigenvalue weighted by Crippen LogP contribution is -2.46. The van der Waals surface area contributed by atoms with Gasteiger partial charge in [0.05, 0.1) is 0 Å². The minimum atomic E-state index is -2.35. The fourth-order valence-electron chi connectivity index (χ4n) is 6.21. The number of carbonyl (C=O) groups excluding carboxylic acids is 2. The molecule has 2 nitrogen and oxygen atoms in total. The van der Waals surface area contributed by atoms with E-state index in [0.29, 0.717) is 54.4 Å². The number of thioether (sulfide) groups is 1. The number of hydrogen-bond donors (Lipinski definition) is 0. The Morgan fingerprint density at radius 3 is 2.81 bits per heavy atom. The summed E-state index contributed by atoms with van der Waals surface area (Å²) in [5, 5.41) is 0. The van der Waals surface area contributed by atoms with Crippen LogP contribution in [0.15, 0.2) is 23.3 Å². The fourth-order valence-corrected chi connectivity index (χ4v) is 6.86. The van der Waals surface area contributed by atoms with Gasteiger partial charge in [-0.05, 0) is 62.2 Å². The number of rotatable bonds is 4. The van der Waals surface area contributed by atoms with Gasteiger partial charge in [0.1, 0.15) is 5.78 Å². The Labute approximate surface area is 157 Å². The first-order chi connectivity index (χ1) is 12.4. The summed E-state index contributed by atoms with van der Waals surface area (Å²) in [6.45, 7) is 2.12. The normalized spacial score (nSPS) is 39.2. The summed E-state index contributed by atoms with van der Waals surface area (Å²) >= 11 is 0.708. The monoisotopic (exact) mass is 380 g/mol. The second kappa shape index (κ2) is 6.57. The first kappa shape index (κ1) is 18.4. The Balaban J connectivity index is 1.71. The molecule has 0 aromatic carbocycles. The number of Topliss-reactive ketones (excluding diaryl/α,β-unsaturated/α-hetero) is 1. The topological polar surface area (TPSA) is 34.1 Å². The molecular formula is C21H26F2O2S. The van der Waals surface area contributed by atoms with Crippen molar-refractivity contribution in [3.05, 3.63) is 23.3 Å². The van der Waals surface area contributed by atoms with Gasteiger partial charge in [0, 0.05) is 23.7 Å². The van der Waals surface area contributed by atoms with Gasteiger partial charge in [0.15, 0.2) is 5.78 Å². The summed E-state index contributed by atoms with van der Waals surface area (Å²) in [6.07, 6.45) is 10.3. The van der Waals surface area contributed by atoms with Gasteiger partial charge in [0.2, 0.25) is 0 Å². The lowest BCUT2D eigenvalue weighted by Gasteiger charge is -2.53. The van der Waals surface area contributed by atoms with Crippen LogP contribution in [0.1, 0.15) is 58.3 Å². The number of halogens is 2. The van der Waals surface area contributed by atoms with Crippen molar-refractivity contribution in [3.63, 3.8) is 0 Å². The van der Waals surface area contributed by atoms with Gasteiger partial charge in [-0.25, -0.2) is 0 Å². The Bertz CT molecular complexity index is 698. The highest BCUT2D eigenvalue weighted by Gasteiger charge is 2.56. The quantitative estimate of drug-likeness (QED) is 0.618. The zero-order chi connectivity index (χ0) is 18.5. The maximum absolute atomic E-state index is 12.7. The van der Waals surface area contributed by atoms with Crippen molar-refractivity contribution in [3.8, 4) is 0 Å². The van der Waals surface area contributed by atoms with E-state index < -0.39 is 5.76 Å². The van der Waals surface area contributed by atoms with Crippen LogP contribution in [0.2, 0.25) is 0 Å². The first-order valence-corrected chi connectivity index (χ1v) is 10.8. The van der Waals surface area contributed by atoms with Crippen molar-refractivity contribution >= 4 is 23.3 Å². The van der Waals surface area contributed by atoms with Gasteiger partial charge in [-0.15, -0.1) is 0 Å². The minimum absolute atomic E-state index is 0.174. The summed E-state index contributed by atoms with van der Waals surface area (Å²) in [6, 6.07) is 0. The lowest BCUT2D eigenvalue weighted by atomic mass is 9.50. The van der Waals surface area contributed by atoms with E-state index in [1.807, 2.05) is 0 Å². The van der Waals surface area contributed by atoms with E-state index in [9.17, 15) is 18.4 Å². The summed E-state index contributed by atoms with van der Waals surface area (Å²) in [5.41, 5.74) is 2.08. The number of allylic oxidation sites excluding steroid dienone is 4. The summed E-state index contributed by atoms with van der Waals surface area (Å²) < 4.78 is 25.4. The van der Waals surface area contributed by atoms with E-state index in [0.717, 1.165) is 32.1 Å². The highest BCUT2D eigenvalue weighted by Crippen LogP contribution is 2.63. The number of fused-ring (bicyclic) bond motifs is 5. The molecule has 0 radical (unpaired) electrons. The van der Waals surface area contributed by atoms with Crippen molar-refractivity contribution in [1.82, 2.24) is 0 Å². The molecule has 4 aliphatic carbocycles. The predicted octanol–water partition coefficient (Wildman–Crippen LogP) is 5.33. The zero-order valence-corrected chi connectivity index (χ0v) is 16.0. The van der Waals surface area contributed by atoms with Crippen LogP contribution in [0.4, 0.5) is 8.78 Å². The Kier molecular flexibility index (Phi) is 4.65. The van der Waals surface area contributed by atoms with Crippen molar-refractivity contribution in [2.24, 2.45) is 22.7 Å². The van der Waals surface area contributed by atoms with Crippen LogP contribution < -0.4 is 0 Å². The Hall–Kier alpha value is -0.970. The molecule has 2 unspecified atom stereocenters. The molecule has 2 saturated carbocycles. The maximum Gasteiger partial charge on any atom is 0.284 e. The molecule has 0 aromatic rings. The highest BCUT2D eigenvalue weighted by atomic mass is 32.2. The first-order valence-electron chi connectivity index (χ1n) is 9.74. The molecule has 2 fully saturated rings. The predicted molar refractivity (Wildman–Crippen MR) is 99.1 cm³/mol. The molecule has 0 N–H and O–H groups in total. The van der Waals surface area contributed by atoms with Gasteiger partial charge in [-0.2, -0.15) is 8.78 Å².